The SMILES string of the molecule is CC1CCNC1.CF. The van der Waals surface area contributed by atoms with Crippen LogP contribution >= 0.6 is 0 Å². The van der Waals surface area contributed by atoms with Crippen molar-refractivity contribution in [3.05, 3.63) is 0 Å². The molecule has 1 heterocycles. The summed E-state index contributed by atoms with van der Waals surface area (Å²) in [5, 5.41) is 3.27. The normalized spacial score (nSPS) is 26.6. The molecule has 0 bridgehead atoms. The summed E-state index contributed by atoms with van der Waals surface area (Å²) in [4.78, 5) is 0. The van der Waals surface area contributed by atoms with Gasteiger partial charge in [-0.2, -0.15) is 0 Å². The molecule has 0 aromatic carbocycles. The number of hydrogen-bond donors (Lipinski definition) is 1. The van der Waals surface area contributed by atoms with E-state index in [1.807, 2.05) is 0 Å². The molecule has 1 unspecified atom stereocenters. The minimum Gasteiger partial charge on any atom is -0.316 e. The quantitative estimate of drug-likeness (QED) is 0.505. The summed E-state index contributed by atoms with van der Waals surface area (Å²) in [6.07, 6.45) is 1.38. The fraction of sp³-hybridized carbons (Fsp3) is 1.00. The number of halogens is 1. The van der Waals surface area contributed by atoms with Crippen molar-refractivity contribution in [2.24, 2.45) is 5.92 Å². The highest BCUT2D eigenvalue weighted by atomic mass is 19.1. The van der Waals surface area contributed by atoms with Crippen LogP contribution in [0.25, 0.3) is 0 Å². The maximum absolute atomic E-state index is 9.50. The molecular formula is C6H14FN. The van der Waals surface area contributed by atoms with Gasteiger partial charge in [-0.3, -0.25) is 4.39 Å². The van der Waals surface area contributed by atoms with Gasteiger partial charge in [-0.1, -0.05) is 6.92 Å². The molecule has 1 aliphatic rings. The fourth-order valence-corrected chi connectivity index (χ4v) is 0.799. The highest BCUT2D eigenvalue weighted by molar-refractivity contribution is 4.65. The average molecular weight is 119 g/mol. The van der Waals surface area contributed by atoms with Crippen molar-refractivity contribution in [2.45, 2.75) is 13.3 Å². The van der Waals surface area contributed by atoms with Gasteiger partial charge in [0, 0.05) is 0 Å². The van der Waals surface area contributed by atoms with Gasteiger partial charge < -0.3 is 5.32 Å². The highest BCUT2D eigenvalue weighted by Gasteiger charge is 2.06. The lowest BCUT2D eigenvalue weighted by Gasteiger charge is -1.90. The van der Waals surface area contributed by atoms with Crippen LogP contribution in [0.5, 0.6) is 0 Å². The Labute approximate surface area is 50.3 Å². The molecule has 8 heavy (non-hydrogen) atoms. The topological polar surface area (TPSA) is 12.0 Å². The Bertz CT molecular complexity index is 41.8. The third-order valence-corrected chi connectivity index (χ3v) is 1.31. The molecule has 50 valence electrons. The van der Waals surface area contributed by atoms with Crippen molar-refractivity contribution >= 4 is 0 Å². The van der Waals surface area contributed by atoms with E-state index in [1.165, 1.54) is 19.5 Å². The molecule has 0 spiro atoms. The van der Waals surface area contributed by atoms with Crippen LogP contribution in [0.15, 0.2) is 0 Å². The summed E-state index contributed by atoms with van der Waals surface area (Å²) in [5.41, 5.74) is 0. The van der Waals surface area contributed by atoms with Crippen molar-refractivity contribution in [1.82, 2.24) is 5.32 Å². The first-order chi connectivity index (χ1) is 3.89. The van der Waals surface area contributed by atoms with Crippen molar-refractivity contribution in [3.8, 4) is 0 Å². The van der Waals surface area contributed by atoms with Gasteiger partial charge in [0.25, 0.3) is 0 Å². The Hall–Kier alpha value is -0.110. The van der Waals surface area contributed by atoms with E-state index < -0.39 is 0 Å². The predicted molar refractivity (Wildman–Crippen MR) is 33.7 cm³/mol. The standard InChI is InChI=1S/C5H11N.CH3F/c1-5-2-3-6-4-5;1-2/h5-6H,2-4H2,1H3;1H3. The van der Waals surface area contributed by atoms with E-state index in [2.05, 4.69) is 12.2 Å². The maximum Gasteiger partial charge on any atom is 0.0785 e. The summed E-state index contributed by atoms with van der Waals surface area (Å²) in [7, 11) is 0.500. The van der Waals surface area contributed by atoms with Gasteiger partial charge in [0.2, 0.25) is 0 Å². The van der Waals surface area contributed by atoms with E-state index in [1.54, 1.807) is 0 Å². The third kappa shape index (κ3) is 2.97. The van der Waals surface area contributed by atoms with Gasteiger partial charge in [-0.05, 0) is 25.4 Å². The summed E-state index contributed by atoms with van der Waals surface area (Å²) in [5.74, 6) is 0.935. The lowest BCUT2D eigenvalue weighted by molar-refractivity contribution is 0.636. The number of hydrogen-bond acceptors (Lipinski definition) is 1. The summed E-state index contributed by atoms with van der Waals surface area (Å²) < 4.78 is 9.50. The number of nitrogens with one attached hydrogen (secondary N) is 1. The van der Waals surface area contributed by atoms with Gasteiger partial charge in [0.05, 0.1) is 7.18 Å². The van der Waals surface area contributed by atoms with Crippen LogP contribution in [0.4, 0.5) is 4.39 Å². The van der Waals surface area contributed by atoms with Gasteiger partial charge in [0.1, 0.15) is 0 Å². The molecule has 1 fully saturated rings. The van der Waals surface area contributed by atoms with E-state index in [0.29, 0.717) is 7.18 Å². The zero-order chi connectivity index (χ0) is 6.41. The molecule has 1 aliphatic heterocycles. The summed E-state index contributed by atoms with van der Waals surface area (Å²) in [6, 6.07) is 0. The molecular weight excluding hydrogens is 105 g/mol. The van der Waals surface area contributed by atoms with Gasteiger partial charge in [-0.25, -0.2) is 0 Å². The van der Waals surface area contributed by atoms with E-state index in [0.717, 1.165) is 5.92 Å². The molecule has 1 N–H and O–H groups in total. The van der Waals surface area contributed by atoms with Crippen molar-refractivity contribution < 1.29 is 4.39 Å². The Morgan fingerprint density at radius 2 is 2.12 bits per heavy atom. The minimum absolute atomic E-state index is 0.500. The second-order valence-corrected chi connectivity index (χ2v) is 2.10. The molecule has 2 heteroatoms. The molecule has 1 nitrogen and oxygen atoms in total. The van der Waals surface area contributed by atoms with Gasteiger partial charge in [0.15, 0.2) is 0 Å². The molecule has 1 saturated heterocycles. The molecule has 1 rings (SSSR count). The predicted octanol–water partition coefficient (Wildman–Crippen LogP) is 1.20. The zero-order valence-corrected chi connectivity index (χ0v) is 5.58. The Balaban J connectivity index is 0.000000222. The summed E-state index contributed by atoms with van der Waals surface area (Å²) >= 11 is 0. The molecule has 0 radical (unpaired) electrons. The zero-order valence-electron chi connectivity index (χ0n) is 5.58. The molecule has 0 aromatic rings. The lowest BCUT2D eigenvalue weighted by atomic mass is 10.2. The van der Waals surface area contributed by atoms with E-state index in [4.69, 9.17) is 0 Å². The fourth-order valence-electron chi connectivity index (χ4n) is 0.799. The maximum atomic E-state index is 9.50. The van der Waals surface area contributed by atoms with E-state index in [-0.39, 0.29) is 0 Å². The average Bonchev–Trinajstić information content (AvgIpc) is 2.24. The van der Waals surface area contributed by atoms with Gasteiger partial charge in [-0.15, -0.1) is 0 Å². The van der Waals surface area contributed by atoms with E-state index >= 15 is 0 Å². The second-order valence-electron chi connectivity index (χ2n) is 2.10. The molecule has 1 atom stereocenters. The molecule has 0 aliphatic carbocycles. The van der Waals surface area contributed by atoms with Crippen molar-refractivity contribution in [1.29, 1.82) is 0 Å². The van der Waals surface area contributed by atoms with Crippen molar-refractivity contribution in [2.75, 3.05) is 20.3 Å². The van der Waals surface area contributed by atoms with E-state index in [9.17, 15) is 4.39 Å². The molecule has 0 saturated carbocycles. The van der Waals surface area contributed by atoms with Crippen LogP contribution in [-0.4, -0.2) is 20.3 Å². The Morgan fingerprint density at radius 1 is 1.50 bits per heavy atom. The number of alkyl halides is 1. The first-order valence-corrected chi connectivity index (χ1v) is 2.98. The Kier molecular flexibility index (Phi) is 4.97. The second kappa shape index (κ2) is 5.04. The smallest absolute Gasteiger partial charge is 0.0785 e. The molecule has 0 aromatic heterocycles. The van der Waals surface area contributed by atoms with Crippen LogP contribution < -0.4 is 5.32 Å². The van der Waals surface area contributed by atoms with Crippen LogP contribution in [-0.2, 0) is 0 Å². The minimum atomic E-state index is 0.500. The largest absolute Gasteiger partial charge is 0.316 e. The third-order valence-electron chi connectivity index (χ3n) is 1.31. The Morgan fingerprint density at radius 3 is 2.25 bits per heavy atom. The van der Waals surface area contributed by atoms with Gasteiger partial charge >= 0.3 is 0 Å². The highest BCUT2D eigenvalue weighted by Crippen LogP contribution is 2.03. The van der Waals surface area contributed by atoms with Crippen molar-refractivity contribution in [3.63, 3.8) is 0 Å². The monoisotopic (exact) mass is 119 g/mol. The van der Waals surface area contributed by atoms with Crippen LogP contribution in [0.1, 0.15) is 13.3 Å². The lowest BCUT2D eigenvalue weighted by Crippen LogP contribution is -2.06. The van der Waals surface area contributed by atoms with Crippen LogP contribution in [0.3, 0.4) is 0 Å². The van der Waals surface area contributed by atoms with Crippen LogP contribution in [0.2, 0.25) is 0 Å². The van der Waals surface area contributed by atoms with Crippen LogP contribution in [0, 0.1) is 5.92 Å². The number of rotatable bonds is 0. The first kappa shape index (κ1) is 7.89. The molecule has 0 amide bonds. The summed E-state index contributed by atoms with van der Waals surface area (Å²) in [6.45, 7) is 4.75. The first-order valence-electron chi connectivity index (χ1n) is 2.98.